The summed E-state index contributed by atoms with van der Waals surface area (Å²) >= 11 is 6.24. The minimum absolute atomic E-state index is 0.707. The van der Waals surface area contributed by atoms with E-state index in [-0.39, 0.29) is 0 Å². The van der Waals surface area contributed by atoms with Gasteiger partial charge in [0.1, 0.15) is 0 Å². The van der Waals surface area contributed by atoms with Crippen LogP contribution in [-0.2, 0) is 13.0 Å². The van der Waals surface area contributed by atoms with E-state index in [4.69, 9.17) is 16.7 Å². The van der Waals surface area contributed by atoms with Crippen LogP contribution in [0.15, 0.2) is 79.4 Å². The van der Waals surface area contributed by atoms with Gasteiger partial charge in [0.15, 0.2) is 0 Å². The Morgan fingerprint density at radius 3 is 2.66 bits per heavy atom. The number of rotatable bonds is 7. The van der Waals surface area contributed by atoms with E-state index >= 15 is 0 Å². The van der Waals surface area contributed by atoms with Crippen LogP contribution in [0.1, 0.15) is 11.3 Å². The molecule has 0 aliphatic rings. The van der Waals surface area contributed by atoms with E-state index in [2.05, 4.69) is 40.2 Å². The second kappa shape index (κ2) is 8.99. The minimum Gasteiger partial charge on any atom is -0.302 e. The highest BCUT2D eigenvalue weighted by atomic mass is 35.5. The molecule has 2 aromatic carbocycles. The number of benzene rings is 2. The molecule has 0 unspecified atom stereocenters. The maximum absolute atomic E-state index is 6.24. The van der Waals surface area contributed by atoms with E-state index in [0.717, 1.165) is 47.7 Å². The number of halogens is 1. The van der Waals surface area contributed by atoms with Crippen LogP contribution in [0.4, 0.5) is 0 Å². The van der Waals surface area contributed by atoms with Crippen molar-refractivity contribution in [2.75, 3.05) is 13.6 Å². The average Bonchev–Trinajstić information content (AvgIpc) is 3.17. The molecule has 5 nitrogen and oxygen atoms in total. The average molecular weight is 404 g/mol. The predicted molar refractivity (Wildman–Crippen MR) is 116 cm³/mol. The highest BCUT2D eigenvalue weighted by molar-refractivity contribution is 6.30. The summed E-state index contributed by atoms with van der Waals surface area (Å²) in [4.78, 5) is 10.8. The Bertz CT molecular complexity index is 1060. The van der Waals surface area contributed by atoms with Gasteiger partial charge in [-0.15, -0.1) is 0 Å². The molecule has 0 N–H and O–H groups in total. The molecule has 4 rings (SSSR count). The number of aromatic nitrogens is 4. The van der Waals surface area contributed by atoms with Gasteiger partial charge in [-0.3, -0.25) is 9.97 Å². The lowest BCUT2D eigenvalue weighted by molar-refractivity contribution is 0.330. The standard InChI is InChI=1S/C23H22ClN5/c1-28(13-10-21-15-25-11-12-26-21)16-19-17-29(22-8-3-2-4-9-22)27-23(19)18-6-5-7-20(24)14-18/h2-9,11-12,14-15,17H,10,13,16H2,1H3. The number of hydrogen-bond acceptors (Lipinski definition) is 4. The first-order chi connectivity index (χ1) is 14.2. The summed E-state index contributed by atoms with van der Waals surface area (Å²) in [5.41, 5.74) is 5.14. The van der Waals surface area contributed by atoms with Crippen LogP contribution in [-0.4, -0.2) is 38.2 Å². The summed E-state index contributed by atoms with van der Waals surface area (Å²) in [6, 6.07) is 18.0. The van der Waals surface area contributed by atoms with Crippen LogP contribution < -0.4 is 0 Å². The Labute approximate surface area is 175 Å². The molecule has 0 bridgehead atoms. The molecule has 0 saturated carbocycles. The number of hydrogen-bond donors (Lipinski definition) is 0. The minimum atomic E-state index is 0.707. The zero-order valence-corrected chi connectivity index (χ0v) is 17.0. The molecule has 146 valence electrons. The second-order valence-electron chi connectivity index (χ2n) is 6.98. The summed E-state index contributed by atoms with van der Waals surface area (Å²) < 4.78 is 1.93. The fourth-order valence-electron chi connectivity index (χ4n) is 3.25. The normalized spacial score (nSPS) is 11.1. The van der Waals surface area contributed by atoms with E-state index in [1.165, 1.54) is 0 Å². The van der Waals surface area contributed by atoms with Gasteiger partial charge < -0.3 is 4.90 Å². The molecule has 6 heteroatoms. The molecule has 4 aromatic rings. The fourth-order valence-corrected chi connectivity index (χ4v) is 3.44. The quantitative estimate of drug-likeness (QED) is 0.450. The van der Waals surface area contributed by atoms with Crippen molar-refractivity contribution < 1.29 is 0 Å². The van der Waals surface area contributed by atoms with Gasteiger partial charge in [0.25, 0.3) is 0 Å². The Balaban J connectivity index is 1.59. The van der Waals surface area contributed by atoms with Gasteiger partial charge in [0.2, 0.25) is 0 Å². The number of nitrogens with zero attached hydrogens (tertiary/aromatic N) is 5. The lowest BCUT2D eigenvalue weighted by Gasteiger charge is -2.16. The maximum Gasteiger partial charge on any atom is 0.0973 e. The van der Waals surface area contributed by atoms with Gasteiger partial charge in [-0.05, 0) is 31.3 Å². The van der Waals surface area contributed by atoms with Crippen molar-refractivity contribution in [3.8, 4) is 16.9 Å². The Hall–Kier alpha value is -3.02. The fraction of sp³-hybridized carbons (Fsp3) is 0.174. The van der Waals surface area contributed by atoms with E-state index in [1.54, 1.807) is 12.4 Å². The zero-order valence-electron chi connectivity index (χ0n) is 16.2. The van der Waals surface area contributed by atoms with E-state index in [1.807, 2.05) is 53.3 Å². The third-order valence-electron chi connectivity index (χ3n) is 4.72. The molecule has 0 aliphatic carbocycles. The molecule has 2 aromatic heterocycles. The molecule has 0 atom stereocenters. The van der Waals surface area contributed by atoms with Crippen molar-refractivity contribution in [2.45, 2.75) is 13.0 Å². The van der Waals surface area contributed by atoms with Gasteiger partial charge in [0.05, 0.1) is 17.1 Å². The lowest BCUT2D eigenvalue weighted by Crippen LogP contribution is -2.21. The van der Waals surface area contributed by atoms with Crippen molar-refractivity contribution in [1.29, 1.82) is 0 Å². The van der Waals surface area contributed by atoms with Crippen LogP contribution in [0.2, 0.25) is 5.02 Å². The Kier molecular flexibility index (Phi) is 5.98. The van der Waals surface area contributed by atoms with Gasteiger partial charge in [-0.25, -0.2) is 4.68 Å². The lowest BCUT2D eigenvalue weighted by atomic mass is 10.1. The Morgan fingerprint density at radius 2 is 1.90 bits per heavy atom. The van der Waals surface area contributed by atoms with Crippen molar-refractivity contribution >= 4 is 11.6 Å². The first-order valence-corrected chi connectivity index (χ1v) is 9.90. The largest absolute Gasteiger partial charge is 0.302 e. The summed E-state index contributed by atoms with van der Waals surface area (Å²) in [7, 11) is 2.11. The molecular formula is C23H22ClN5. The number of likely N-dealkylation sites (N-methyl/N-ethyl adjacent to an activating group) is 1. The first-order valence-electron chi connectivity index (χ1n) is 9.52. The third kappa shape index (κ3) is 4.88. The molecule has 0 amide bonds. The van der Waals surface area contributed by atoms with Crippen LogP contribution in [0, 0.1) is 0 Å². The van der Waals surface area contributed by atoms with Gasteiger partial charge in [-0.2, -0.15) is 5.10 Å². The molecule has 0 fully saturated rings. The molecular weight excluding hydrogens is 382 g/mol. The summed E-state index contributed by atoms with van der Waals surface area (Å²) in [5.74, 6) is 0. The van der Waals surface area contributed by atoms with Crippen molar-refractivity contribution in [3.05, 3.63) is 95.7 Å². The molecule has 0 spiro atoms. The molecule has 0 radical (unpaired) electrons. The highest BCUT2D eigenvalue weighted by Crippen LogP contribution is 2.27. The predicted octanol–water partition coefficient (Wildman–Crippen LogP) is 4.66. The van der Waals surface area contributed by atoms with Gasteiger partial charge in [-0.1, -0.05) is 41.9 Å². The van der Waals surface area contributed by atoms with Crippen LogP contribution in [0.3, 0.4) is 0 Å². The van der Waals surface area contributed by atoms with E-state index in [0.29, 0.717) is 5.02 Å². The SMILES string of the molecule is CN(CCc1cnccn1)Cc1cn(-c2ccccc2)nc1-c1cccc(Cl)c1. The molecule has 0 saturated heterocycles. The highest BCUT2D eigenvalue weighted by Gasteiger charge is 2.14. The maximum atomic E-state index is 6.24. The van der Waals surface area contributed by atoms with Gasteiger partial charge in [0, 0.05) is 60.4 Å². The first kappa shape index (κ1) is 19.3. The summed E-state index contributed by atoms with van der Waals surface area (Å²) in [5, 5.41) is 5.58. The summed E-state index contributed by atoms with van der Waals surface area (Å²) in [6.07, 6.45) is 8.20. The number of para-hydroxylation sites is 1. The molecule has 2 heterocycles. The Morgan fingerprint density at radius 1 is 1.03 bits per heavy atom. The van der Waals surface area contributed by atoms with Gasteiger partial charge >= 0.3 is 0 Å². The van der Waals surface area contributed by atoms with Crippen LogP contribution in [0.25, 0.3) is 16.9 Å². The third-order valence-corrected chi connectivity index (χ3v) is 4.95. The van der Waals surface area contributed by atoms with Crippen molar-refractivity contribution in [3.63, 3.8) is 0 Å². The molecule has 0 aliphatic heterocycles. The van der Waals surface area contributed by atoms with Crippen molar-refractivity contribution in [2.24, 2.45) is 0 Å². The van der Waals surface area contributed by atoms with Crippen LogP contribution in [0.5, 0.6) is 0 Å². The topological polar surface area (TPSA) is 46.8 Å². The van der Waals surface area contributed by atoms with Crippen LogP contribution >= 0.6 is 11.6 Å². The van der Waals surface area contributed by atoms with E-state index in [9.17, 15) is 0 Å². The monoisotopic (exact) mass is 403 g/mol. The smallest absolute Gasteiger partial charge is 0.0973 e. The zero-order chi connectivity index (χ0) is 20.1. The molecule has 29 heavy (non-hydrogen) atoms. The van der Waals surface area contributed by atoms with Crippen molar-refractivity contribution in [1.82, 2.24) is 24.6 Å². The summed E-state index contributed by atoms with van der Waals surface area (Å²) in [6.45, 7) is 1.65. The van der Waals surface area contributed by atoms with E-state index < -0.39 is 0 Å². The second-order valence-corrected chi connectivity index (χ2v) is 7.41.